The lowest BCUT2D eigenvalue weighted by Crippen LogP contribution is -2.49. The monoisotopic (exact) mass is 585 g/mol. The molecule has 10 nitrogen and oxygen atoms in total. The van der Waals surface area contributed by atoms with E-state index in [1.165, 1.54) is 25.0 Å². The highest BCUT2D eigenvalue weighted by Crippen LogP contribution is 2.20. The first-order chi connectivity index (χ1) is 20.4. The Morgan fingerprint density at radius 2 is 1.83 bits per heavy atom. The summed E-state index contributed by atoms with van der Waals surface area (Å²) in [6.45, 7) is 9.06. The maximum atomic E-state index is 14.6. The van der Waals surface area contributed by atoms with Crippen LogP contribution in [0.4, 0.5) is 4.39 Å². The van der Waals surface area contributed by atoms with Crippen molar-refractivity contribution in [2.75, 3.05) is 59.0 Å². The molecule has 0 aromatic heterocycles. The van der Waals surface area contributed by atoms with Gasteiger partial charge in [-0.15, -0.1) is 5.92 Å². The van der Waals surface area contributed by atoms with Crippen LogP contribution >= 0.6 is 0 Å². The van der Waals surface area contributed by atoms with Gasteiger partial charge in [-0.3, -0.25) is 14.5 Å². The number of halogens is 1. The molecule has 2 fully saturated rings. The number of Topliss-reactive ketones (excluding diaryl/α,β-unsaturated/α-hetero) is 1. The Hall–Kier alpha value is -3.37. The van der Waals surface area contributed by atoms with Crippen molar-refractivity contribution in [2.24, 2.45) is 0 Å². The molecule has 0 unspecified atom stereocenters. The van der Waals surface area contributed by atoms with E-state index in [0.717, 1.165) is 19.5 Å². The molecule has 228 valence electrons. The lowest BCUT2D eigenvalue weighted by Gasteiger charge is -2.34. The van der Waals surface area contributed by atoms with Crippen molar-refractivity contribution in [1.29, 1.82) is 0 Å². The van der Waals surface area contributed by atoms with Gasteiger partial charge in [-0.05, 0) is 74.0 Å². The normalized spacial score (nSPS) is 17.1. The topological polar surface area (TPSA) is 101 Å². The number of ether oxygens (including phenoxy) is 1. The van der Waals surface area contributed by atoms with Crippen molar-refractivity contribution in [1.82, 2.24) is 14.7 Å². The summed E-state index contributed by atoms with van der Waals surface area (Å²) in [6.07, 6.45) is 3.40. The lowest BCUT2D eigenvalue weighted by molar-refractivity contribution is -0.620. The highest BCUT2D eigenvalue weighted by molar-refractivity contribution is 5.98. The second kappa shape index (κ2) is 18.2. The van der Waals surface area contributed by atoms with Crippen LogP contribution in [0.5, 0.6) is 5.75 Å². The Morgan fingerprint density at radius 1 is 1.07 bits per heavy atom. The van der Waals surface area contributed by atoms with Gasteiger partial charge in [0.05, 0.1) is 18.7 Å². The van der Waals surface area contributed by atoms with E-state index >= 15 is 0 Å². The van der Waals surface area contributed by atoms with Crippen LogP contribution in [0, 0.1) is 17.7 Å². The number of benzene rings is 2. The Kier molecular flexibility index (Phi) is 14.4. The average molecular weight is 586 g/mol. The van der Waals surface area contributed by atoms with Gasteiger partial charge in [-0.1, -0.05) is 24.1 Å². The van der Waals surface area contributed by atoms with Crippen LogP contribution in [0.2, 0.25) is 0 Å². The Balaban J connectivity index is 0.000000531. The van der Waals surface area contributed by atoms with Crippen LogP contribution in [0.1, 0.15) is 53.8 Å². The third-order valence-electron chi connectivity index (χ3n) is 7.22. The first-order valence-electron chi connectivity index (χ1n) is 14.2. The van der Waals surface area contributed by atoms with Crippen LogP contribution in [0.3, 0.4) is 0 Å². The van der Waals surface area contributed by atoms with E-state index in [1.54, 1.807) is 17.9 Å². The number of hydrogen-bond acceptors (Lipinski definition) is 9. The van der Waals surface area contributed by atoms with Gasteiger partial charge in [0.25, 0.3) is 5.91 Å². The molecule has 11 heteroatoms. The molecule has 2 aliphatic rings. The second-order valence-electron chi connectivity index (χ2n) is 10.1. The molecule has 0 radical (unpaired) electrons. The molecule has 0 bridgehead atoms. The van der Waals surface area contributed by atoms with E-state index in [2.05, 4.69) is 38.6 Å². The average Bonchev–Trinajstić information content (AvgIpc) is 3.42. The zero-order valence-corrected chi connectivity index (χ0v) is 24.3. The third kappa shape index (κ3) is 10.8. The van der Waals surface area contributed by atoms with Crippen molar-refractivity contribution >= 4 is 11.7 Å². The Bertz CT molecular complexity index is 1180. The van der Waals surface area contributed by atoms with Crippen molar-refractivity contribution in [3.63, 3.8) is 0 Å². The predicted octanol–water partition coefficient (Wildman–Crippen LogP) is 4.08. The van der Waals surface area contributed by atoms with Gasteiger partial charge in [0.1, 0.15) is 18.2 Å². The number of rotatable bonds is 12. The van der Waals surface area contributed by atoms with Crippen LogP contribution in [-0.2, 0) is 15.0 Å². The maximum Gasteiger partial charge on any atom is 0.253 e. The molecule has 2 saturated heterocycles. The minimum atomic E-state index is -0.548. The van der Waals surface area contributed by atoms with E-state index in [-0.39, 0.29) is 30.4 Å². The van der Waals surface area contributed by atoms with Crippen LogP contribution in [0.15, 0.2) is 48.5 Å². The van der Waals surface area contributed by atoms with E-state index in [1.807, 2.05) is 35.2 Å². The molecule has 1 amide bonds. The summed E-state index contributed by atoms with van der Waals surface area (Å²) < 4.78 is 20.3. The minimum absolute atomic E-state index is 0.00292. The second-order valence-corrected chi connectivity index (χ2v) is 10.1. The highest BCUT2D eigenvalue weighted by Gasteiger charge is 2.24. The first-order valence-corrected chi connectivity index (χ1v) is 14.2. The van der Waals surface area contributed by atoms with Crippen molar-refractivity contribution in [3.05, 3.63) is 65.5 Å². The van der Waals surface area contributed by atoms with Crippen molar-refractivity contribution in [3.8, 4) is 17.6 Å². The molecule has 0 aliphatic carbocycles. The molecule has 42 heavy (non-hydrogen) atoms. The van der Waals surface area contributed by atoms with Crippen molar-refractivity contribution < 1.29 is 38.9 Å². The third-order valence-corrected chi connectivity index (χ3v) is 7.22. The number of ketones is 1. The fourth-order valence-corrected chi connectivity index (χ4v) is 4.90. The summed E-state index contributed by atoms with van der Waals surface area (Å²) in [4.78, 5) is 35.6. The molecule has 0 saturated carbocycles. The van der Waals surface area contributed by atoms with E-state index in [0.29, 0.717) is 50.1 Å². The first kappa shape index (κ1) is 33.1. The van der Waals surface area contributed by atoms with Gasteiger partial charge >= 0.3 is 0 Å². The van der Waals surface area contributed by atoms with Crippen LogP contribution in [0.25, 0.3) is 0 Å². The van der Waals surface area contributed by atoms with E-state index in [4.69, 9.17) is 9.99 Å². The number of carbonyl (C=O) groups excluding carboxylic acids is 2. The van der Waals surface area contributed by atoms with Crippen molar-refractivity contribution in [2.45, 2.75) is 39.2 Å². The molecular weight excluding hydrogens is 545 g/mol. The summed E-state index contributed by atoms with van der Waals surface area (Å²) in [5, 5.41) is 14.2. The fraction of sp³-hybridized carbons (Fsp3) is 0.484. The minimum Gasteiger partial charge on any atom is -0.493 e. The van der Waals surface area contributed by atoms with Gasteiger partial charge in [0, 0.05) is 50.4 Å². The molecule has 1 atom stereocenters. The predicted molar refractivity (Wildman–Crippen MR) is 154 cm³/mol. The molecule has 2 aromatic rings. The number of amides is 1. The molecule has 2 aromatic carbocycles. The van der Waals surface area contributed by atoms with Gasteiger partial charge in [0.2, 0.25) is 0 Å². The van der Waals surface area contributed by atoms with Gasteiger partial charge in [-0.2, -0.15) is 4.89 Å². The Labute approximate surface area is 246 Å². The molecular formula is C31H40FN3O7. The SMILES string of the molecule is CC#CCOOOO.C[C@@H]1CCCN1CCCOc1ccc(C(=O)CN2CCN(C(=O)c3ccccc3)CC2)c(F)c1. The molecule has 2 aliphatic heterocycles. The highest BCUT2D eigenvalue weighted by atomic mass is 19.1. The molecule has 0 spiro atoms. The van der Waals surface area contributed by atoms with E-state index in [9.17, 15) is 14.0 Å². The van der Waals surface area contributed by atoms with E-state index < -0.39 is 5.82 Å². The number of nitrogens with zero attached hydrogens (tertiary/aromatic N) is 3. The van der Waals surface area contributed by atoms with Gasteiger partial charge < -0.3 is 14.5 Å². The lowest BCUT2D eigenvalue weighted by atomic mass is 10.1. The fourth-order valence-electron chi connectivity index (χ4n) is 4.90. The molecule has 4 rings (SSSR count). The molecule has 2 heterocycles. The standard InChI is InChI=1S/C27H34FN3O3.C4H6O4/c1-21-7-5-12-30(21)13-6-18-34-23-10-11-24(25(28)19-23)26(32)20-29-14-16-31(17-15-29)27(33)22-8-3-2-4-9-22;1-2-3-4-6-8-7-5/h2-4,8-11,19,21H,5-7,12-18,20H2,1H3;5H,4H2,1H3/t21-;/m1./s1. The Morgan fingerprint density at radius 3 is 2.48 bits per heavy atom. The number of piperazine rings is 1. The zero-order valence-electron chi connectivity index (χ0n) is 24.3. The number of hydrogen-bond donors (Lipinski definition) is 1. The summed E-state index contributed by atoms with van der Waals surface area (Å²) in [7, 11) is 0. The summed E-state index contributed by atoms with van der Waals surface area (Å²) in [5.74, 6) is 4.68. The van der Waals surface area contributed by atoms with Gasteiger partial charge in [0.15, 0.2) is 5.78 Å². The largest absolute Gasteiger partial charge is 0.493 e. The number of likely N-dealkylation sites (tertiary alicyclic amines) is 1. The summed E-state index contributed by atoms with van der Waals surface area (Å²) in [5.41, 5.74) is 0.753. The summed E-state index contributed by atoms with van der Waals surface area (Å²) >= 11 is 0. The number of carbonyl (C=O) groups is 2. The van der Waals surface area contributed by atoms with Gasteiger partial charge in [-0.25, -0.2) is 9.65 Å². The zero-order chi connectivity index (χ0) is 30.2. The molecule has 1 N–H and O–H groups in total. The summed E-state index contributed by atoms with van der Waals surface area (Å²) in [6, 6.07) is 14.3. The van der Waals surface area contributed by atoms with Crippen LogP contribution in [-0.4, -0.2) is 96.7 Å². The maximum absolute atomic E-state index is 14.6. The van der Waals surface area contributed by atoms with Crippen LogP contribution < -0.4 is 4.74 Å². The quantitative estimate of drug-likeness (QED) is 0.130. The smallest absolute Gasteiger partial charge is 0.253 e.